The molecule has 1 aromatic carbocycles. The van der Waals surface area contributed by atoms with Crippen molar-refractivity contribution in [3.63, 3.8) is 0 Å². The van der Waals surface area contributed by atoms with Crippen LogP contribution < -0.4 is 5.56 Å². The molecule has 0 atom stereocenters. The molecule has 15 heavy (non-hydrogen) atoms. The van der Waals surface area contributed by atoms with E-state index in [1.54, 1.807) is 30.3 Å². The van der Waals surface area contributed by atoms with Crippen molar-refractivity contribution in [2.45, 2.75) is 0 Å². The normalized spacial score (nSPS) is 9.53. The summed E-state index contributed by atoms with van der Waals surface area (Å²) in [6.07, 6.45) is 1.53. The van der Waals surface area contributed by atoms with Gasteiger partial charge in [0.1, 0.15) is 0 Å². The Labute approximate surface area is 86.0 Å². The fraction of sp³-hybridized carbons (Fsp3) is 0. The molecule has 0 saturated heterocycles. The van der Waals surface area contributed by atoms with Crippen LogP contribution in [0.1, 0.15) is 5.56 Å². The smallest absolute Gasteiger partial charge is 0.267 e. The first-order valence-electron chi connectivity index (χ1n) is 4.36. The van der Waals surface area contributed by atoms with Crippen molar-refractivity contribution in [1.29, 1.82) is 5.26 Å². The minimum absolute atomic E-state index is 0.215. The van der Waals surface area contributed by atoms with Gasteiger partial charge in [-0.1, -0.05) is 6.07 Å². The lowest BCUT2D eigenvalue weighted by atomic mass is 10.2. The van der Waals surface area contributed by atoms with Gasteiger partial charge in [-0.15, -0.1) is 0 Å². The third-order valence-electron chi connectivity index (χ3n) is 1.94. The van der Waals surface area contributed by atoms with Crippen molar-refractivity contribution in [1.82, 2.24) is 9.78 Å². The van der Waals surface area contributed by atoms with Gasteiger partial charge in [-0.2, -0.15) is 15.0 Å². The van der Waals surface area contributed by atoms with E-state index in [9.17, 15) is 4.79 Å². The first kappa shape index (κ1) is 9.16. The van der Waals surface area contributed by atoms with Gasteiger partial charge in [-0.05, 0) is 24.3 Å². The molecule has 4 nitrogen and oxygen atoms in total. The molecule has 1 aromatic heterocycles. The SMILES string of the molecule is N#Cc1cccc(-n2ncccc2=O)c1. The molecule has 0 unspecified atom stereocenters. The van der Waals surface area contributed by atoms with E-state index in [-0.39, 0.29) is 5.56 Å². The lowest BCUT2D eigenvalue weighted by molar-refractivity contribution is 0.806. The number of nitrogens with zero attached hydrogens (tertiary/aromatic N) is 3. The minimum atomic E-state index is -0.215. The van der Waals surface area contributed by atoms with Crippen LogP contribution in [0.2, 0.25) is 0 Å². The Morgan fingerprint density at radius 3 is 2.87 bits per heavy atom. The Bertz CT molecular complexity index is 581. The summed E-state index contributed by atoms with van der Waals surface area (Å²) in [6, 6.07) is 11.8. The van der Waals surface area contributed by atoms with Crippen molar-refractivity contribution in [3.8, 4) is 11.8 Å². The second-order valence-corrected chi connectivity index (χ2v) is 2.94. The molecule has 0 N–H and O–H groups in total. The quantitative estimate of drug-likeness (QED) is 0.687. The molecule has 0 aliphatic rings. The highest BCUT2D eigenvalue weighted by atomic mass is 16.1. The van der Waals surface area contributed by atoms with E-state index in [1.807, 2.05) is 6.07 Å². The third-order valence-corrected chi connectivity index (χ3v) is 1.94. The first-order chi connectivity index (χ1) is 7.31. The van der Waals surface area contributed by atoms with E-state index in [2.05, 4.69) is 5.10 Å². The van der Waals surface area contributed by atoms with E-state index < -0.39 is 0 Å². The molecule has 0 fully saturated rings. The second kappa shape index (κ2) is 3.76. The molecule has 2 aromatic rings. The van der Waals surface area contributed by atoms with Gasteiger partial charge in [0.05, 0.1) is 17.3 Å². The molecule has 0 spiro atoms. The zero-order chi connectivity index (χ0) is 10.7. The van der Waals surface area contributed by atoms with Gasteiger partial charge in [0.15, 0.2) is 0 Å². The molecule has 4 heteroatoms. The maximum Gasteiger partial charge on any atom is 0.271 e. The van der Waals surface area contributed by atoms with Crippen LogP contribution in [0.25, 0.3) is 5.69 Å². The molecule has 0 saturated carbocycles. The number of hydrogen-bond acceptors (Lipinski definition) is 3. The van der Waals surface area contributed by atoms with Gasteiger partial charge in [0.2, 0.25) is 0 Å². The Hall–Kier alpha value is -2.41. The van der Waals surface area contributed by atoms with Gasteiger partial charge >= 0.3 is 0 Å². The van der Waals surface area contributed by atoms with Crippen LogP contribution in [-0.2, 0) is 0 Å². The number of hydrogen-bond donors (Lipinski definition) is 0. The molecule has 1 heterocycles. The van der Waals surface area contributed by atoms with E-state index >= 15 is 0 Å². The summed E-state index contributed by atoms with van der Waals surface area (Å²) in [5.74, 6) is 0. The Morgan fingerprint density at radius 2 is 2.13 bits per heavy atom. The largest absolute Gasteiger partial charge is 0.271 e. The molecule has 2 rings (SSSR count). The van der Waals surface area contributed by atoms with E-state index in [0.29, 0.717) is 11.3 Å². The first-order valence-corrected chi connectivity index (χ1v) is 4.36. The van der Waals surface area contributed by atoms with Crippen molar-refractivity contribution in [2.24, 2.45) is 0 Å². The van der Waals surface area contributed by atoms with E-state index in [1.165, 1.54) is 16.9 Å². The molecule has 0 bridgehead atoms. The number of nitriles is 1. The molecule has 0 radical (unpaired) electrons. The van der Waals surface area contributed by atoms with Crippen molar-refractivity contribution >= 4 is 0 Å². The predicted molar refractivity (Wildman–Crippen MR) is 54.5 cm³/mol. The van der Waals surface area contributed by atoms with Crippen LogP contribution in [-0.4, -0.2) is 9.78 Å². The summed E-state index contributed by atoms with van der Waals surface area (Å²) in [4.78, 5) is 11.4. The van der Waals surface area contributed by atoms with Gasteiger partial charge < -0.3 is 0 Å². The van der Waals surface area contributed by atoms with Gasteiger partial charge in [0.25, 0.3) is 5.56 Å². The Kier molecular flexibility index (Phi) is 2.30. The van der Waals surface area contributed by atoms with Gasteiger partial charge in [0, 0.05) is 12.3 Å². The highest BCUT2D eigenvalue weighted by Gasteiger charge is 2.00. The van der Waals surface area contributed by atoms with Crippen LogP contribution >= 0.6 is 0 Å². The summed E-state index contributed by atoms with van der Waals surface area (Å²) < 4.78 is 1.25. The minimum Gasteiger partial charge on any atom is -0.267 e. The highest BCUT2D eigenvalue weighted by molar-refractivity contribution is 5.40. The van der Waals surface area contributed by atoms with Gasteiger partial charge in [-0.25, -0.2) is 0 Å². The van der Waals surface area contributed by atoms with Crippen LogP contribution in [0.15, 0.2) is 47.4 Å². The molecular formula is C11H7N3O. The third kappa shape index (κ3) is 1.76. The zero-order valence-electron chi connectivity index (χ0n) is 7.79. The predicted octanol–water partition coefficient (Wildman–Crippen LogP) is 1.10. The lowest BCUT2D eigenvalue weighted by Crippen LogP contribution is -2.18. The average Bonchev–Trinajstić information content (AvgIpc) is 2.30. The maximum atomic E-state index is 11.4. The van der Waals surface area contributed by atoms with Crippen LogP contribution in [0.3, 0.4) is 0 Å². The summed E-state index contributed by atoms with van der Waals surface area (Å²) in [7, 11) is 0. The molecule has 72 valence electrons. The van der Waals surface area contributed by atoms with Crippen LogP contribution in [0, 0.1) is 11.3 Å². The monoisotopic (exact) mass is 197 g/mol. The maximum absolute atomic E-state index is 11.4. The van der Waals surface area contributed by atoms with E-state index in [0.717, 1.165) is 0 Å². The molecule has 0 amide bonds. The number of rotatable bonds is 1. The fourth-order valence-electron chi connectivity index (χ4n) is 1.26. The molecular weight excluding hydrogens is 190 g/mol. The topological polar surface area (TPSA) is 58.7 Å². The Morgan fingerprint density at radius 1 is 1.27 bits per heavy atom. The number of benzene rings is 1. The van der Waals surface area contributed by atoms with Crippen molar-refractivity contribution < 1.29 is 0 Å². The summed E-state index contributed by atoms with van der Waals surface area (Å²) in [6.45, 7) is 0. The molecule has 0 aliphatic heterocycles. The van der Waals surface area contributed by atoms with E-state index in [4.69, 9.17) is 5.26 Å². The van der Waals surface area contributed by atoms with Crippen molar-refractivity contribution in [2.75, 3.05) is 0 Å². The second-order valence-electron chi connectivity index (χ2n) is 2.94. The van der Waals surface area contributed by atoms with Crippen LogP contribution in [0.5, 0.6) is 0 Å². The highest BCUT2D eigenvalue weighted by Crippen LogP contribution is 2.05. The standard InChI is InChI=1S/C11H7N3O/c12-8-9-3-1-4-10(7-9)14-11(15)5-2-6-13-14/h1-7H. The van der Waals surface area contributed by atoms with Crippen LogP contribution in [0.4, 0.5) is 0 Å². The summed E-state index contributed by atoms with van der Waals surface area (Å²) >= 11 is 0. The lowest BCUT2D eigenvalue weighted by Gasteiger charge is -2.02. The number of aromatic nitrogens is 2. The fourth-order valence-corrected chi connectivity index (χ4v) is 1.26. The van der Waals surface area contributed by atoms with Gasteiger partial charge in [-0.3, -0.25) is 4.79 Å². The Balaban J connectivity index is 2.61. The van der Waals surface area contributed by atoms with Crippen molar-refractivity contribution in [3.05, 3.63) is 58.5 Å². The molecule has 0 aliphatic carbocycles. The summed E-state index contributed by atoms with van der Waals surface area (Å²) in [5.41, 5.74) is 0.886. The summed E-state index contributed by atoms with van der Waals surface area (Å²) in [5, 5.41) is 12.6. The average molecular weight is 197 g/mol. The zero-order valence-corrected chi connectivity index (χ0v) is 7.79.